The van der Waals surface area contributed by atoms with Crippen LogP contribution in [0.3, 0.4) is 0 Å². The molecule has 0 fully saturated rings. The lowest BCUT2D eigenvalue weighted by atomic mass is 10.2. The topological polar surface area (TPSA) is 84.9 Å². The summed E-state index contributed by atoms with van der Waals surface area (Å²) in [7, 11) is -3.78. The standard InChI is InChI=1S/C18H18Cl2N2O5S/c1-11(18(23)21-14-5-3-4-13(19)17(14)20)22(28(2,24)25)12-6-7-15-16(10-12)27-9-8-26-15/h3-7,10-11H,8-9H2,1-2H3,(H,21,23)/t11-/m1/s1. The van der Waals surface area contributed by atoms with Crippen molar-refractivity contribution in [3.8, 4) is 11.5 Å². The van der Waals surface area contributed by atoms with E-state index >= 15 is 0 Å². The zero-order valence-corrected chi connectivity index (χ0v) is 17.4. The van der Waals surface area contributed by atoms with Crippen LogP contribution in [0.25, 0.3) is 0 Å². The van der Waals surface area contributed by atoms with Crippen molar-refractivity contribution in [3.63, 3.8) is 0 Å². The SMILES string of the molecule is C[C@H](C(=O)Nc1cccc(Cl)c1Cl)N(c1ccc2c(c1)OCCO2)S(C)(=O)=O. The van der Waals surface area contributed by atoms with Crippen molar-refractivity contribution >= 4 is 50.5 Å². The number of sulfonamides is 1. The zero-order valence-electron chi connectivity index (χ0n) is 15.1. The maximum atomic E-state index is 12.8. The van der Waals surface area contributed by atoms with Gasteiger partial charge in [0, 0.05) is 6.07 Å². The summed E-state index contributed by atoms with van der Waals surface area (Å²) in [5.41, 5.74) is 0.577. The first-order chi connectivity index (χ1) is 13.2. The van der Waals surface area contributed by atoms with E-state index in [1.807, 2.05) is 0 Å². The third-order valence-electron chi connectivity index (χ3n) is 4.08. The molecular weight excluding hydrogens is 427 g/mol. The van der Waals surface area contributed by atoms with E-state index in [9.17, 15) is 13.2 Å². The fraction of sp³-hybridized carbons (Fsp3) is 0.278. The maximum Gasteiger partial charge on any atom is 0.248 e. The Morgan fingerprint density at radius 1 is 1.14 bits per heavy atom. The van der Waals surface area contributed by atoms with Gasteiger partial charge in [0.15, 0.2) is 11.5 Å². The second-order valence-corrected chi connectivity index (χ2v) is 8.80. The van der Waals surface area contributed by atoms with Crippen LogP contribution in [0.2, 0.25) is 10.0 Å². The second-order valence-electron chi connectivity index (χ2n) is 6.15. The minimum Gasteiger partial charge on any atom is -0.486 e. The maximum absolute atomic E-state index is 12.8. The number of nitrogens with one attached hydrogen (secondary N) is 1. The summed E-state index contributed by atoms with van der Waals surface area (Å²) in [4.78, 5) is 12.8. The molecule has 0 saturated carbocycles. The Morgan fingerprint density at radius 2 is 1.82 bits per heavy atom. The summed E-state index contributed by atoms with van der Waals surface area (Å²) in [6.45, 7) is 2.26. The molecule has 28 heavy (non-hydrogen) atoms. The van der Waals surface area contributed by atoms with Crippen LogP contribution >= 0.6 is 23.2 Å². The van der Waals surface area contributed by atoms with E-state index in [0.29, 0.717) is 30.4 Å². The molecule has 150 valence electrons. The molecule has 2 aromatic carbocycles. The molecule has 1 amide bonds. The predicted octanol–water partition coefficient (Wildman–Crippen LogP) is 3.56. The molecule has 3 rings (SSSR count). The van der Waals surface area contributed by atoms with Gasteiger partial charge in [-0.05, 0) is 31.2 Å². The third-order valence-corrected chi connectivity index (χ3v) is 6.14. The monoisotopic (exact) mass is 444 g/mol. The molecule has 0 radical (unpaired) electrons. The molecule has 0 unspecified atom stereocenters. The number of amides is 1. The minimum atomic E-state index is -3.78. The molecular formula is C18H18Cl2N2O5S. The van der Waals surface area contributed by atoms with Crippen LogP contribution in [-0.2, 0) is 14.8 Å². The number of fused-ring (bicyclic) bond motifs is 1. The Kier molecular flexibility index (Phi) is 5.92. The van der Waals surface area contributed by atoms with Gasteiger partial charge in [-0.1, -0.05) is 29.3 Å². The number of anilines is 2. The fourth-order valence-corrected chi connectivity index (χ4v) is 4.33. The summed E-state index contributed by atoms with van der Waals surface area (Å²) in [6.07, 6.45) is 1.03. The highest BCUT2D eigenvalue weighted by Crippen LogP contribution is 2.36. The molecule has 1 N–H and O–H groups in total. The van der Waals surface area contributed by atoms with E-state index in [0.717, 1.165) is 10.6 Å². The number of halogens is 2. The molecule has 0 aliphatic carbocycles. The van der Waals surface area contributed by atoms with Crippen molar-refractivity contribution in [1.82, 2.24) is 0 Å². The van der Waals surface area contributed by atoms with E-state index in [-0.39, 0.29) is 15.7 Å². The summed E-state index contributed by atoms with van der Waals surface area (Å²) in [5.74, 6) is 0.374. The van der Waals surface area contributed by atoms with Crippen LogP contribution in [0.15, 0.2) is 36.4 Å². The van der Waals surface area contributed by atoms with E-state index in [2.05, 4.69) is 5.32 Å². The molecule has 0 spiro atoms. The van der Waals surface area contributed by atoms with Crippen LogP contribution in [0.1, 0.15) is 6.92 Å². The number of nitrogens with zero attached hydrogens (tertiary/aromatic N) is 1. The lowest BCUT2D eigenvalue weighted by Crippen LogP contribution is -2.45. The highest BCUT2D eigenvalue weighted by molar-refractivity contribution is 7.92. The zero-order chi connectivity index (χ0) is 20.5. The van der Waals surface area contributed by atoms with E-state index in [4.69, 9.17) is 32.7 Å². The number of carbonyl (C=O) groups is 1. The Bertz CT molecular complexity index is 1010. The van der Waals surface area contributed by atoms with Gasteiger partial charge in [0.05, 0.1) is 27.7 Å². The van der Waals surface area contributed by atoms with E-state index < -0.39 is 22.0 Å². The van der Waals surface area contributed by atoms with Crippen molar-refractivity contribution in [2.24, 2.45) is 0 Å². The number of ether oxygens (including phenoxy) is 2. The number of carbonyl (C=O) groups excluding carboxylic acids is 1. The highest BCUT2D eigenvalue weighted by Gasteiger charge is 2.30. The van der Waals surface area contributed by atoms with Crippen molar-refractivity contribution in [2.45, 2.75) is 13.0 Å². The van der Waals surface area contributed by atoms with Crippen LogP contribution < -0.4 is 19.1 Å². The summed E-state index contributed by atoms with van der Waals surface area (Å²) >= 11 is 12.1. The molecule has 7 nitrogen and oxygen atoms in total. The molecule has 1 atom stereocenters. The lowest BCUT2D eigenvalue weighted by Gasteiger charge is -2.29. The average Bonchev–Trinajstić information content (AvgIpc) is 2.64. The second kappa shape index (κ2) is 8.06. The molecule has 2 aromatic rings. The summed E-state index contributed by atoms with van der Waals surface area (Å²) in [5, 5.41) is 3.07. The predicted molar refractivity (Wildman–Crippen MR) is 109 cm³/mol. The quantitative estimate of drug-likeness (QED) is 0.761. The first-order valence-electron chi connectivity index (χ1n) is 8.32. The molecule has 0 bridgehead atoms. The smallest absolute Gasteiger partial charge is 0.248 e. The molecule has 1 aliphatic rings. The van der Waals surface area contributed by atoms with Crippen molar-refractivity contribution in [2.75, 3.05) is 29.1 Å². The van der Waals surface area contributed by atoms with E-state index in [1.165, 1.54) is 13.0 Å². The Balaban J connectivity index is 1.91. The largest absolute Gasteiger partial charge is 0.486 e. The van der Waals surface area contributed by atoms with Crippen LogP contribution in [0, 0.1) is 0 Å². The van der Waals surface area contributed by atoms with Gasteiger partial charge in [-0.15, -0.1) is 0 Å². The van der Waals surface area contributed by atoms with Gasteiger partial charge in [0.2, 0.25) is 15.9 Å². The van der Waals surface area contributed by atoms with Gasteiger partial charge in [-0.25, -0.2) is 8.42 Å². The molecule has 0 aromatic heterocycles. The summed E-state index contributed by atoms with van der Waals surface area (Å²) in [6, 6.07) is 8.43. The number of hydrogen-bond donors (Lipinski definition) is 1. The van der Waals surface area contributed by atoms with Crippen LogP contribution in [-0.4, -0.2) is 39.8 Å². The van der Waals surface area contributed by atoms with Crippen molar-refractivity contribution < 1.29 is 22.7 Å². The first-order valence-corrected chi connectivity index (χ1v) is 10.9. The van der Waals surface area contributed by atoms with Gasteiger partial charge in [0.25, 0.3) is 0 Å². The first kappa shape index (κ1) is 20.6. The molecule has 10 heteroatoms. The molecule has 1 aliphatic heterocycles. The van der Waals surface area contributed by atoms with E-state index in [1.54, 1.807) is 30.3 Å². The van der Waals surface area contributed by atoms with Gasteiger partial charge in [-0.3, -0.25) is 9.10 Å². The van der Waals surface area contributed by atoms with Crippen LogP contribution in [0.5, 0.6) is 11.5 Å². The minimum absolute atomic E-state index is 0.176. The average molecular weight is 445 g/mol. The fourth-order valence-electron chi connectivity index (χ4n) is 2.82. The van der Waals surface area contributed by atoms with Gasteiger partial charge in [-0.2, -0.15) is 0 Å². The summed E-state index contributed by atoms with van der Waals surface area (Å²) < 4.78 is 36.9. The van der Waals surface area contributed by atoms with Crippen molar-refractivity contribution in [1.29, 1.82) is 0 Å². The van der Waals surface area contributed by atoms with Gasteiger partial charge >= 0.3 is 0 Å². The van der Waals surface area contributed by atoms with Crippen molar-refractivity contribution in [3.05, 3.63) is 46.4 Å². The Labute approximate surface area is 173 Å². The number of rotatable bonds is 5. The van der Waals surface area contributed by atoms with Gasteiger partial charge in [0.1, 0.15) is 19.3 Å². The number of benzene rings is 2. The normalized spacial score (nSPS) is 14.3. The highest BCUT2D eigenvalue weighted by atomic mass is 35.5. The van der Waals surface area contributed by atoms with Crippen LogP contribution in [0.4, 0.5) is 11.4 Å². The third kappa shape index (κ3) is 4.29. The number of hydrogen-bond acceptors (Lipinski definition) is 5. The lowest BCUT2D eigenvalue weighted by molar-refractivity contribution is -0.116. The molecule has 0 saturated heterocycles. The Hall–Kier alpha value is -2.16. The van der Waals surface area contributed by atoms with Gasteiger partial charge < -0.3 is 14.8 Å². The molecule has 1 heterocycles. The Morgan fingerprint density at radius 3 is 2.50 bits per heavy atom.